The number of carbonyl (C=O) groups excluding carboxylic acids is 1. The van der Waals surface area contributed by atoms with E-state index in [9.17, 15) is 35.4 Å². The lowest BCUT2D eigenvalue weighted by atomic mass is 9.96. The van der Waals surface area contributed by atoms with Crippen molar-refractivity contribution in [2.75, 3.05) is 6.61 Å². The highest BCUT2D eigenvalue weighted by molar-refractivity contribution is 5.73. The van der Waals surface area contributed by atoms with Gasteiger partial charge in [0.25, 0.3) is 0 Å². The first kappa shape index (κ1) is 20.4. The Hall–Kier alpha value is -0.890. The number of amides is 1. The van der Waals surface area contributed by atoms with Gasteiger partial charge in [-0.2, -0.15) is 0 Å². The summed E-state index contributed by atoms with van der Waals surface area (Å²) < 4.78 is 15.8. The fourth-order valence-electron chi connectivity index (χ4n) is 2.91. The van der Waals surface area contributed by atoms with Crippen LogP contribution in [0.25, 0.3) is 0 Å². The van der Waals surface area contributed by atoms with Gasteiger partial charge in [0.05, 0.1) is 12.7 Å². The van der Waals surface area contributed by atoms with E-state index in [2.05, 4.69) is 5.32 Å². The fraction of sp³-hybridized carbons (Fsp3) is 0.929. The van der Waals surface area contributed by atoms with E-state index in [0.29, 0.717) is 0 Å². The van der Waals surface area contributed by atoms with Crippen molar-refractivity contribution < 1.29 is 49.6 Å². The van der Waals surface area contributed by atoms with Crippen LogP contribution in [-0.2, 0) is 19.0 Å². The number of hydrogen-bond acceptors (Lipinski definition) is 10. The quantitative estimate of drug-likeness (QED) is 0.257. The molecule has 7 N–H and O–H groups in total. The van der Waals surface area contributed by atoms with Crippen molar-refractivity contribution in [1.82, 2.24) is 5.32 Å². The Kier molecular flexibility index (Phi) is 6.70. The molecule has 0 aromatic carbocycles. The van der Waals surface area contributed by atoms with Crippen molar-refractivity contribution in [3.05, 3.63) is 0 Å². The zero-order valence-electron chi connectivity index (χ0n) is 13.8. The SMILES string of the molecule is CC(=O)N[C@H]1C(O[C@H]2[C@H](O)[C@H](O)[C@H](C)O[C@H]2O)O[C@H](CO)[C@H](O)[C@@H]1O. The van der Waals surface area contributed by atoms with E-state index in [1.165, 1.54) is 13.8 Å². The minimum atomic E-state index is -1.61. The molecule has 10 atom stereocenters. The van der Waals surface area contributed by atoms with Crippen LogP contribution in [0.3, 0.4) is 0 Å². The van der Waals surface area contributed by atoms with Crippen molar-refractivity contribution in [3.8, 4) is 0 Å². The zero-order valence-corrected chi connectivity index (χ0v) is 13.8. The summed E-state index contributed by atoms with van der Waals surface area (Å²) in [7, 11) is 0. The highest BCUT2D eigenvalue weighted by Crippen LogP contribution is 2.28. The molecule has 146 valence electrons. The molecule has 2 rings (SSSR count). The molecule has 0 aliphatic carbocycles. The van der Waals surface area contributed by atoms with Gasteiger partial charge in [-0.3, -0.25) is 4.79 Å². The second-order valence-corrected chi connectivity index (χ2v) is 6.25. The number of carbonyl (C=O) groups is 1. The minimum absolute atomic E-state index is 0.550. The number of hydrogen-bond donors (Lipinski definition) is 7. The average molecular weight is 367 g/mol. The van der Waals surface area contributed by atoms with E-state index in [1.54, 1.807) is 0 Å². The maximum absolute atomic E-state index is 11.3. The summed E-state index contributed by atoms with van der Waals surface area (Å²) in [6.45, 7) is 1.98. The van der Waals surface area contributed by atoms with E-state index >= 15 is 0 Å². The molecule has 0 radical (unpaired) electrons. The maximum atomic E-state index is 11.3. The van der Waals surface area contributed by atoms with Gasteiger partial charge in [0.1, 0.15) is 42.7 Å². The first-order chi connectivity index (χ1) is 11.7. The van der Waals surface area contributed by atoms with Crippen molar-refractivity contribution in [3.63, 3.8) is 0 Å². The minimum Gasteiger partial charge on any atom is -0.394 e. The Balaban J connectivity index is 2.19. The lowest BCUT2D eigenvalue weighted by molar-refractivity contribution is -0.344. The molecule has 25 heavy (non-hydrogen) atoms. The molecule has 11 heteroatoms. The largest absolute Gasteiger partial charge is 0.394 e. The zero-order chi connectivity index (χ0) is 18.9. The molecule has 1 amide bonds. The molecule has 2 fully saturated rings. The highest BCUT2D eigenvalue weighted by atomic mass is 16.7. The summed E-state index contributed by atoms with van der Waals surface area (Å²) in [6.07, 6.45) is -12.5. The van der Waals surface area contributed by atoms with Crippen LogP contribution < -0.4 is 5.32 Å². The first-order valence-electron chi connectivity index (χ1n) is 7.92. The molecular formula is C14H25NO10. The van der Waals surface area contributed by atoms with Gasteiger partial charge in [0.15, 0.2) is 12.6 Å². The van der Waals surface area contributed by atoms with Crippen LogP contribution in [-0.4, -0.2) is 105 Å². The third-order valence-electron chi connectivity index (χ3n) is 4.34. The summed E-state index contributed by atoms with van der Waals surface area (Å²) in [4.78, 5) is 11.3. The van der Waals surface area contributed by atoms with Crippen LogP contribution in [0.5, 0.6) is 0 Å². The maximum Gasteiger partial charge on any atom is 0.217 e. The molecular weight excluding hydrogens is 342 g/mol. The Bertz CT molecular complexity index is 465. The van der Waals surface area contributed by atoms with E-state index < -0.39 is 73.9 Å². The number of ether oxygens (including phenoxy) is 3. The van der Waals surface area contributed by atoms with E-state index in [-0.39, 0.29) is 0 Å². The predicted octanol–water partition coefficient (Wildman–Crippen LogP) is -4.23. The summed E-state index contributed by atoms with van der Waals surface area (Å²) in [6, 6.07) is -1.24. The van der Waals surface area contributed by atoms with Gasteiger partial charge in [-0.05, 0) is 6.92 Å². The Labute approximate surface area is 143 Å². The first-order valence-corrected chi connectivity index (χ1v) is 7.92. The monoisotopic (exact) mass is 367 g/mol. The van der Waals surface area contributed by atoms with Crippen molar-refractivity contribution in [1.29, 1.82) is 0 Å². The van der Waals surface area contributed by atoms with Gasteiger partial charge in [0.2, 0.25) is 5.91 Å². The average Bonchev–Trinajstić information content (AvgIpc) is 2.55. The molecule has 0 aromatic rings. The Morgan fingerprint density at radius 2 is 1.68 bits per heavy atom. The third kappa shape index (κ3) is 4.27. The Morgan fingerprint density at radius 3 is 2.24 bits per heavy atom. The number of aliphatic hydroxyl groups is 6. The van der Waals surface area contributed by atoms with Gasteiger partial charge in [0, 0.05) is 6.92 Å². The highest BCUT2D eigenvalue weighted by Gasteiger charge is 2.50. The topological polar surface area (TPSA) is 178 Å². The van der Waals surface area contributed by atoms with Gasteiger partial charge in [-0.15, -0.1) is 0 Å². The summed E-state index contributed by atoms with van der Waals surface area (Å²) in [5.74, 6) is -0.550. The summed E-state index contributed by atoms with van der Waals surface area (Å²) in [5, 5.41) is 61.6. The second kappa shape index (κ2) is 8.20. The normalized spacial score (nSPS) is 48.2. The lowest BCUT2D eigenvalue weighted by Gasteiger charge is -2.46. The van der Waals surface area contributed by atoms with Crippen LogP contribution in [0.2, 0.25) is 0 Å². The van der Waals surface area contributed by atoms with Gasteiger partial charge < -0.3 is 50.2 Å². The molecule has 2 aliphatic rings. The molecule has 0 spiro atoms. The molecule has 0 aromatic heterocycles. The Morgan fingerprint density at radius 1 is 1.04 bits per heavy atom. The summed E-state index contributed by atoms with van der Waals surface area (Å²) >= 11 is 0. The van der Waals surface area contributed by atoms with Crippen LogP contribution >= 0.6 is 0 Å². The predicted molar refractivity (Wildman–Crippen MR) is 78.8 cm³/mol. The van der Waals surface area contributed by atoms with Crippen LogP contribution in [0.15, 0.2) is 0 Å². The van der Waals surface area contributed by atoms with E-state index in [1.807, 2.05) is 0 Å². The van der Waals surface area contributed by atoms with E-state index in [0.717, 1.165) is 0 Å². The molecule has 2 aliphatic heterocycles. The van der Waals surface area contributed by atoms with Gasteiger partial charge >= 0.3 is 0 Å². The standard InChI is InChI=1S/C14H25NO10/c1-4-8(18)11(21)12(13(22)23-4)25-14-7(15-5(2)17)10(20)9(19)6(3-16)24-14/h4,6-14,16,18-22H,3H2,1-2H3,(H,15,17)/t4-,6+,7+,8+,9-,10+,11+,12-,13+,14?/m0/s1. The summed E-state index contributed by atoms with van der Waals surface area (Å²) in [5.41, 5.74) is 0. The van der Waals surface area contributed by atoms with Gasteiger partial charge in [-0.25, -0.2) is 0 Å². The number of rotatable bonds is 4. The molecule has 2 saturated heterocycles. The van der Waals surface area contributed by atoms with Crippen LogP contribution in [0, 0.1) is 0 Å². The van der Waals surface area contributed by atoms with Crippen molar-refractivity contribution in [2.45, 2.75) is 75.2 Å². The molecule has 1 unspecified atom stereocenters. The molecule has 0 saturated carbocycles. The fourth-order valence-corrected chi connectivity index (χ4v) is 2.91. The van der Waals surface area contributed by atoms with Crippen LogP contribution in [0.4, 0.5) is 0 Å². The third-order valence-corrected chi connectivity index (χ3v) is 4.34. The van der Waals surface area contributed by atoms with E-state index in [4.69, 9.17) is 14.2 Å². The lowest BCUT2D eigenvalue weighted by Crippen LogP contribution is -2.67. The smallest absolute Gasteiger partial charge is 0.217 e. The number of aliphatic hydroxyl groups excluding tert-OH is 6. The second-order valence-electron chi connectivity index (χ2n) is 6.25. The van der Waals surface area contributed by atoms with Gasteiger partial charge in [-0.1, -0.05) is 0 Å². The van der Waals surface area contributed by atoms with Crippen molar-refractivity contribution in [2.24, 2.45) is 0 Å². The molecule has 2 heterocycles. The van der Waals surface area contributed by atoms with Crippen LogP contribution in [0.1, 0.15) is 13.8 Å². The van der Waals surface area contributed by atoms with Crippen molar-refractivity contribution >= 4 is 5.91 Å². The molecule has 0 bridgehead atoms. The molecule has 11 nitrogen and oxygen atoms in total. The number of nitrogens with one attached hydrogen (secondary N) is 1.